The van der Waals surface area contributed by atoms with E-state index >= 15 is 0 Å². The standard InChI is InChI=1S/C19H18F3NO4/c1-12-2-5-15(16(8-12)27-11-19(20,21)22)10-23-17(24)9-13-3-6-14(7-4-13)18(25)26/h2-8H,9-11H2,1H3,(H,23,24)(H,25,26). The van der Waals surface area contributed by atoms with Crippen molar-refractivity contribution >= 4 is 11.9 Å². The predicted octanol–water partition coefficient (Wildman–Crippen LogP) is 3.49. The van der Waals surface area contributed by atoms with E-state index in [4.69, 9.17) is 9.84 Å². The van der Waals surface area contributed by atoms with Crippen LogP contribution < -0.4 is 10.1 Å². The quantitative estimate of drug-likeness (QED) is 0.770. The molecule has 2 rings (SSSR count). The van der Waals surface area contributed by atoms with Crippen LogP contribution >= 0.6 is 0 Å². The van der Waals surface area contributed by atoms with Gasteiger partial charge in [0.15, 0.2) is 6.61 Å². The molecule has 0 aliphatic carbocycles. The summed E-state index contributed by atoms with van der Waals surface area (Å²) in [5, 5.41) is 11.5. The SMILES string of the molecule is Cc1ccc(CNC(=O)Cc2ccc(C(=O)O)cc2)c(OCC(F)(F)F)c1. The highest BCUT2D eigenvalue weighted by molar-refractivity contribution is 5.87. The Labute approximate surface area is 153 Å². The van der Waals surface area contributed by atoms with Crippen LogP contribution in [0.5, 0.6) is 5.75 Å². The van der Waals surface area contributed by atoms with Gasteiger partial charge in [-0.2, -0.15) is 13.2 Å². The van der Waals surface area contributed by atoms with Crippen molar-refractivity contribution in [3.8, 4) is 5.75 Å². The molecule has 8 heteroatoms. The van der Waals surface area contributed by atoms with Gasteiger partial charge in [0, 0.05) is 12.1 Å². The molecule has 2 N–H and O–H groups in total. The molecule has 27 heavy (non-hydrogen) atoms. The molecule has 1 amide bonds. The molecule has 0 atom stereocenters. The maximum Gasteiger partial charge on any atom is 0.422 e. The normalized spacial score (nSPS) is 11.1. The Hall–Kier alpha value is -3.03. The molecule has 0 spiro atoms. The minimum atomic E-state index is -4.45. The first kappa shape index (κ1) is 20.3. The summed E-state index contributed by atoms with van der Waals surface area (Å²) in [6.07, 6.45) is -4.43. The third-order valence-electron chi connectivity index (χ3n) is 3.66. The monoisotopic (exact) mass is 381 g/mol. The van der Waals surface area contributed by atoms with Crippen LogP contribution in [0.2, 0.25) is 0 Å². The molecule has 2 aromatic rings. The van der Waals surface area contributed by atoms with E-state index in [9.17, 15) is 22.8 Å². The molecule has 0 aromatic heterocycles. The first-order valence-corrected chi connectivity index (χ1v) is 8.02. The van der Waals surface area contributed by atoms with E-state index in [1.165, 1.54) is 30.3 Å². The Morgan fingerprint density at radius 3 is 2.37 bits per heavy atom. The number of carboxylic acid groups (broad SMARTS) is 1. The zero-order valence-corrected chi connectivity index (χ0v) is 14.5. The number of rotatable bonds is 7. The number of carbonyl (C=O) groups excluding carboxylic acids is 1. The van der Waals surface area contributed by atoms with Gasteiger partial charge >= 0.3 is 12.1 Å². The van der Waals surface area contributed by atoms with Crippen LogP contribution in [0.15, 0.2) is 42.5 Å². The Morgan fingerprint density at radius 2 is 1.78 bits per heavy atom. The first-order chi connectivity index (χ1) is 12.6. The van der Waals surface area contributed by atoms with Gasteiger partial charge in [-0.25, -0.2) is 4.79 Å². The molecule has 0 aliphatic heterocycles. The lowest BCUT2D eigenvalue weighted by Gasteiger charge is -2.14. The summed E-state index contributed by atoms with van der Waals surface area (Å²) in [6, 6.07) is 10.7. The van der Waals surface area contributed by atoms with Gasteiger partial charge in [-0.15, -0.1) is 0 Å². The van der Waals surface area contributed by atoms with Crippen LogP contribution in [-0.4, -0.2) is 29.8 Å². The molecule has 0 aliphatic rings. The van der Waals surface area contributed by atoms with Crippen molar-refractivity contribution in [1.82, 2.24) is 5.32 Å². The summed E-state index contributed by atoms with van der Waals surface area (Å²) in [5.41, 5.74) is 1.90. The van der Waals surface area contributed by atoms with Gasteiger partial charge in [-0.3, -0.25) is 4.79 Å². The summed E-state index contributed by atoms with van der Waals surface area (Å²) in [6.45, 7) is 0.330. The highest BCUT2D eigenvalue weighted by Crippen LogP contribution is 2.23. The fourth-order valence-corrected chi connectivity index (χ4v) is 2.31. The van der Waals surface area contributed by atoms with E-state index in [-0.39, 0.29) is 30.2 Å². The highest BCUT2D eigenvalue weighted by Gasteiger charge is 2.28. The molecule has 0 saturated carbocycles. The Bertz CT molecular complexity index is 817. The number of carboxylic acids is 1. The molecule has 0 radical (unpaired) electrons. The number of nitrogens with one attached hydrogen (secondary N) is 1. The van der Waals surface area contributed by atoms with Gasteiger partial charge in [-0.1, -0.05) is 24.3 Å². The molecule has 0 heterocycles. The molecule has 2 aromatic carbocycles. The second-order valence-corrected chi connectivity index (χ2v) is 5.97. The average molecular weight is 381 g/mol. The first-order valence-electron chi connectivity index (χ1n) is 8.02. The van der Waals surface area contributed by atoms with Crippen LogP contribution in [0.25, 0.3) is 0 Å². The lowest BCUT2D eigenvalue weighted by atomic mass is 10.1. The summed E-state index contributed by atoms with van der Waals surface area (Å²) >= 11 is 0. The van der Waals surface area contributed by atoms with Gasteiger partial charge in [0.2, 0.25) is 5.91 Å². The Balaban J connectivity index is 1.96. The van der Waals surface area contributed by atoms with Gasteiger partial charge in [0.25, 0.3) is 0 Å². The Morgan fingerprint density at radius 1 is 1.11 bits per heavy atom. The highest BCUT2D eigenvalue weighted by atomic mass is 19.4. The number of alkyl halides is 3. The maximum absolute atomic E-state index is 12.4. The number of benzene rings is 2. The third-order valence-corrected chi connectivity index (χ3v) is 3.66. The number of aryl methyl sites for hydroxylation is 1. The molecule has 0 saturated heterocycles. The summed E-state index contributed by atoms with van der Waals surface area (Å²) in [5.74, 6) is -1.34. The second kappa shape index (κ2) is 8.57. The maximum atomic E-state index is 12.4. The van der Waals surface area contributed by atoms with E-state index in [2.05, 4.69) is 5.32 Å². The van der Waals surface area contributed by atoms with Crippen molar-refractivity contribution in [2.24, 2.45) is 0 Å². The predicted molar refractivity (Wildman–Crippen MR) is 91.7 cm³/mol. The number of hydrogen-bond donors (Lipinski definition) is 2. The molecular weight excluding hydrogens is 363 g/mol. The summed E-state index contributed by atoms with van der Waals surface area (Å²) < 4.78 is 42.0. The van der Waals surface area contributed by atoms with Gasteiger partial charge in [0.1, 0.15) is 5.75 Å². The lowest BCUT2D eigenvalue weighted by Crippen LogP contribution is -2.25. The number of hydrogen-bond acceptors (Lipinski definition) is 3. The van der Waals surface area contributed by atoms with E-state index in [1.54, 1.807) is 19.1 Å². The molecule has 0 bridgehead atoms. The van der Waals surface area contributed by atoms with Crippen LogP contribution in [0.1, 0.15) is 27.0 Å². The molecule has 0 unspecified atom stereocenters. The topological polar surface area (TPSA) is 75.6 Å². The third kappa shape index (κ3) is 6.65. The summed E-state index contributed by atoms with van der Waals surface area (Å²) in [7, 11) is 0. The fraction of sp³-hybridized carbons (Fsp3) is 0.263. The number of halogens is 3. The van der Waals surface area contributed by atoms with Crippen molar-refractivity contribution in [3.63, 3.8) is 0 Å². The van der Waals surface area contributed by atoms with Crippen LogP contribution in [0.3, 0.4) is 0 Å². The van der Waals surface area contributed by atoms with Gasteiger partial charge in [-0.05, 0) is 36.2 Å². The van der Waals surface area contributed by atoms with Crippen LogP contribution in [0, 0.1) is 6.92 Å². The van der Waals surface area contributed by atoms with Crippen molar-refractivity contribution in [2.45, 2.75) is 26.1 Å². The average Bonchev–Trinajstić information content (AvgIpc) is 2.59. The van der Waals surface area contributed by atoms with E-state index in [0.29, 0.717) is 11.1 Å². The number of ether oxygens (including phenoxy) is 1. The van der Waals surface area contributed by atoms with Crippen LogP contribution in [0.4, 0.5) is 13.2 Å². The van der Waals surface area contributed by atoms with Crippen molar-refractivity contribution in [2.75, 3.05) is 6.61 Å². The Kier molecular flexibility index (Phi) is 6.44. The molecular formula is C19H18F3NO4. The second-order valence-electron chi connectivity index (χ2n) is 5.97. The van der Waals surface area contributed by atoms with E-state index < -0.39 is 18.8 Å². The van der Waals surface area contributed by atoms with Crippen LogP contribution in [-0.2, 0) is 17.8 Å². The molecule has 144 valence electrons. The van der Waals surface area contributed by atoms with Gasteiger partial charge < -0.3 is 15.2 Å². The smallest absolute Gasteiger partial charge is 0.422 e. The van der Waals surface area contributed by atoms with E-state index in [1.807, 2.05) is 0 Å². The number of aromatic carboxylic acids is 1. The van der Waals surface area contributed by atoms with Crippen molar-refractivity contribution < 1.29 is 32.6 Å². The minimum Gasteiger partial charge on any atom is -0.484 e. The lowest BCUT2D eigenvalue weighted by molar-refractivity contribution is -0.153. The minimum absolute atomic E-state index is 0.0134. The zero-order valence-electron chi connectivity index (χ0n) is 14.5. The van der Waals surface area contributed by atoms with Crippen molar-refractivity contribution in [3.05, 3.63) is 64.7 Å². The van der Waals surface area contributed by atoms with Gasteiger partial charge in [0.05, 0.1) is 12.0 Å². The molecule has 5 nitrogen and oxygen atoms in total. The largest absolute Gasteiger partial charge is 0.484 e. The number of carbonyl (C=O) groups is 2. The molecule has 0 fully saturated rings. The fourth-order valence-electron chi connectivity index (χ4n) is 2.31. The zero-order chi connectivity index (χ0) is 20.0. The summed E-state index contributed by atoms with van der Waals surface area (Å²) in [4.78, 5) is 22.9. The van der Waals surface area contributed by atoms with Crippen molar-refractivity contribution in [1.29, 1.82) is 0 Å². The van der Waals surface area contributed by atoms with E-state index in [0.717, 1.165) is 5.56 Å². The number of amides is 1.